The second kappa shape index (κ2) is 5.70. The predicted octanol–water partition coefficient (Wildman–Crippen LogP) is 2.51. The van der Waals surface area contributed by atoms with E-state index in [1.165, 1.54) is 24.4 Å². The number of carbonyl (C=O) groups is 1. The summed E-state index contributed by atoms with van der Waals surface area (Å²) in [6.45, 7) is 2.12. The van der Waals surface area contributed by atoms with Crippen molar-refractivity contribution < 1.29 is 9.53 Å². The highest BCUT2D eigenvalue weighted by atomic mass is 32.2. The van der Waals surface area contributed by atoms with Crippen LogP contribution in [0.2, 0.25) is 0 Å². The van der Waals surface area contributed by atoms with Crippen LogP contribution in [0.4, 0.5) is 0 Å². The summed E-state index contributed by atoms with van der Waals surface area (Å²) >= 11 is 1.50. The number of esters is 1. The molecule has 0 aliphatic carbocycles. The summed E-state index contributed by atoms with van der Waals surface area (Å²) in [6.07, 6.45) is 1.04. The van der Waals surface area contributed by atoms with Gasteiger partial charge in [-0.25, -0.2) is 0 Å². The number of carbonyl (C=O) groups excluding carboxylic acids is 1. The molecule has 0 saturated carbocycles. The summed E-state index contributed by atoms with van der Waals surface area (Å²) in [7, 11) is 1.41. The number of hydrogen-bond donors (Lipinski definition) is 0. The lowest BCUT2D eigenvalue weighted by molar-refractivity contribution is -0.137. The van der Waals surface area contributed by atoms with Gasteiger partial charge in [0.25, 0.3) is 0 Å². The summed E-state index contributed by atoms with van der Waals surface area (Å²) in [5, 5.41) is 0. The summed E-state index contributed by atoms with van der Waals surface area (Å²) < 4.78 is 4.56. The zero-order valence-corrected chi connectivity index (χ0v) is 9.26. The van der Waals surface area contributed by atoms with Crippen molar-refractivity contribution in [2.24, 2.45) is 0 Å². The Bertz CT molecular complexity index is 293. The molecule has 0 heterocycles. The van der Waals surface area contributed by atoms with Crippen LogP contribution in [0.1, 0.15) is 12.5 Å². The first-order valence-corrected chi connectivity index (χ1v) is 5.53. The van der Waals surface area contributed by atoms with Crippen LogP contribution in [0.25, 0.3) is 0 Å². The largest absolute Gasteiger partial charge is 0.468 e. The molecule has 3 heteroatoms. The molecule has 76 valence electrons. The molecule has 0 N–H and O–H groups in total. The van der Waals surface area contributed by atoms with E-state index in [1.807, 2.05) is 12.1 Å². The lowest BCUT2D eigenvalue weighted by atomic mass is 10.2. The minimum Gasteiger partial charge on any atom is -0.468 e. The molecule has 1 rings (SSSR count). The molecule has 0 bridgehead atoms. The molecular weight excluding hydrogens is 196 g/mol. The van der Waals surface area contributed by atoms with Gasteiger partial charge in [0.1, 0.15) is 0 Å². The number of rotatable bonds is 4. The van der Waals surface area contributed by atoms with Crippen LogP contribution in [-0.2, 0) is 16.0 Å². The van der Waals surface area contributed by atoms with Crippen molar-refractivity contribution in [3.05, 3.63) is 29.8 Å². The molecule has 1 aromatic carbocycles. The Labute approximate surface area is 88.7 Å². The molecule has 0 aliphatic heterocycles. The Hall–Kier alpha value is -0.960. The molecular formula is C11H14O2S. The van der Waals surface area contributed by atoms with Gasteiger partial charge in [-0.1, -0.05) is 19.1 Å². The maximum Gasteiger partial charge on any atom is 0.315 e. The van der Waals surface area contributed by atoms with E-state index in [-0.39, 0.29) is 5.97 Å². The van der Waals surface area contributed by atoms with Crippen molar-refractivity contribution in [1.29, 1.82) is 0 Å². The van der Waals surface area contributed by atoms with E-state index in [0.717, 1.165) is 11.3 Å². The van der Waals surface area contributed by atoms with Gasteiger partial charge >= 0.3 is 5.97 Å². The molecule has 0 radical (unpaired) electrons. The molecule has 0 fully saturated rings. The molecule has 14 heavy (non-hydrogen) atoms. The van der Waals surface area contributed by atoms with Crippen molar-refractivity contribution in [3.8, 4) is 0 Å². The minimum atomic E-state index is -0.186. The maximum absolute atomic E-state index is 10.9. The summed E-state index contributed by atoms with van der Waals surface area (Å²) in [6, 6.07) is 8.23. The van der Waals surface area contributed by atoms with Crippen LogP contribution >= 0.6 is 11.8 Å². The highest BCUT2D eigenvalue weighted by Gasteiger charge is 2.01. The Balaban J connectivity index is 2.47. The molecule has 2 nitrogen and oxygen atoms in total. The lowest BCUT2D eigenvalue weighted by Gasteiger charge is -2.01. The van der Waals surface area contributed by atoms with Crippen molar-refractivity contribution in [1.82, 2.24) is 0 Å². The molecule has 0 aromatic heterocycles. The number of aryl methyl sites for hydroxylation is 1. The van der Waals surface area contributed by atoms with E-state index in [9.17, 15) is 4.79 Å². The summed E-state index contributed by atoms with van der Waals surface area (Å²) in [5.74, 6) is 0.191. The van der Waals surface area contributed by atoms with E-state index < -0.39 is 0 Å². The molecule has 0 atom stereocenters. The topological polar surface area (TPSA) is 26.3 Å². The second-order valence-electron chi connectivity index (χ2n) is 2.86. The Kier molecular flexibility index (Phi) is 4.53. The van der Waals surface area contributed by atoms with Gasteiger partial charge in [0, 0.05) is 4.90 Å². The van der Waals surface area contributed by atoms with Crippen LogP contribution in [0.15, 0.2) is 29.2 Å². The van der Waals surface area contributed by atoms with Crippen LogP contribution in [0.3, 0.4) is 0 Å². The number of methoxy groups -OCH3 is 1. The molecule has 0 spiro atoms. The minimum absolute atomic E-state index is 0.186. The highest BCUT2D eigenvalue weighted by Crippen LogP contribution is 2.18. The standard InChI is InChI=1S/C11H14O2S/c1-3-9-4-6-10(7-5-9)14-8-11(12)13-2/h4-7H,3,8H2,1-2H3. The van der Waals surface area contributed by atoms with Crippen molar-refractivity contribution in [2.75, 3.05) is 12.9 Å². The van der Waals surface area contributed by atoms with E-state index in [2.05, 4.69) is 23.8 Å². The van der Waals surface area contributed by atoms with Gasteiger partial charge in [-0.3, -0.25) is 4.79 Å². The molecule has 0 aliphatic rings. The van der Waals surface area contributed by atoms with E-state index in [1.54, 1.807) is 0 Å². The molecule has 0 saturated heterocycles. The van der Waals surface area contributed by atoms with E-state index in [4.69, 9.17) is 0 Å². The average molecular weight is 210 g/mol. The van der Waals surface area contributed by atoms with Crippen molar-refractivity contribution >= 4 is 17.7 Å². The average Bonchev–Trinajstić information content (AvgIpc) is 2.26. The van der Waals surface area contributed by atoms with Crippen LogP contribution in [0, 0.1) is 0 Å². The third-order valence-corrected chi connectivity index (χ3v) is 2.90. The number of hydrogen-bond acceptors (Lipinski definition) is 3. The summed E-state index contributed by atoms with van der Waals surface area (Å²) in [5.41, 5.74) is 1.31. The van der Waals surface area contributed by atoms with Crippen molar-refractivity contribution in [3.63, 3.8) is 0 Å². The van der Waals surface area contributed by atoms with E-state index in [0.29, 0.717) is 5.75 Å². The summed E-state index contributed by atoms with van der Waals surface area (Å²) in [4.78, 5) is 12.0. The van der Waals surface area contributed by atoms with Gasteiger partial charge in [-0.15, -0.1) is 11.8 Å². The zero-order chi connectivity index (χ0) is 10.4. The van der Waals surface area contributed by atoms with Gasteiger partial charge in [0.15, 0.2) is 0 Å². The smallest absolute Gasteiger partial charge is 0.315 e. The van der Waals surface area contributed by atoms with Crippen LogP contribution in [0.5, 0.6) is 0 Å². The van der Waals surface area contributed by atoms with Gasteiger partial charge < -0.3 is 4.74 Å². The second-order valence-corrected chi connectivity index (χ2v) is 3.91. The third kappa shape index (κ3) is 3.42. The monoisotopic (exact) mass is 210 g/mol. The quantitative estimate of drug-likeness (QED) is 0.564. The molecule has 0 unspecified atom stereocenters. The lowest BCUT2D eigenvalue weighted by Crippen LogP contribution is -2.02. The molecule has 1 aromatic rings. The fraction of sp³-hybridized carbons (Fsp3) is 0.364. The van der Waals surface area contributed by atoms with Crippen molar-refractivity contribution in [2.45, 2.75) is 18.2 Å². The van der Waals surface area contributed by atoms with Crippen LogP contribution in [-0.4, -0.2) is 18.8 Å². The SMILES string of the molecule is CCc1ccc(SCC(=O)OC)cc1. The zero-order valence-electron chi connectivity index (χ0n) is 8.45. The first-order chi connectivity index (χ1) is 6.76. The van der Waals surface area contributed by atoms with Gasteiger partial charge in [-0.05, 0) is 24.1 Å². The number of benzene rings is 1. The first-order valence-electron chi connectivity index (χ1n) is 4.54. The van der Waals surface area contributed by atoms with E-state index >= 15 is 0 Å². The van der Waals surface area contributed by atoms with Gasteiger partial charge in [-0.2, -0.15) is 0 Å². The fourth-order valence-corrected chi connectivity index (χ4v) is 1.75. The van der Waals surface area contributed by atoms with Gasteiger partial charge in [0.05, 0.1) is 12.9 Å². The Morgan fingerprint density at radius 1 is 1.36 bits per heavy atom. The maximum atomic E-state index is 10.9. The number of thioether (sulfide) groups is 1. The first kappa shape index (κ1) is 11.1. The Morgan fingerprint density at radius 2 is 2.00 bits per heavy atom. The molecule has 0 amide bonds. The highest BCUT2D eigenvalue weighted by molar-refractivity contribution is 8.00. The van der Waals surface area contributed by atoms with Gasteiger partial charge in [0.2, 0.25) is 0 Å². The Morgan fingerprint density at radius 3 is 2.50 bits per heavy atom. The van der Waals surface area contributed by atoms with Crippen LogP contribution < -0.4 is 0 Å². The predicted molar refractivity (Wildman–Crippen MR) is 58.6 cm³/mol. The normalized spacial score (nSPS) is 9.86. The number of ether oxygens (including phenoxy) is 1. The fourth-order valence-electron chi connectivity index (χ4n) is 1.02. The third-order valence-electron chi connectivity index (χ3n) is 1.92.